The molecule has 0 aliphatic heterocycles. The molecule has 1 aromatic heterocycles. The molecule has 0 aliphatic rings. The van der Waals surface area contributed by atoms with Gasteiger partial charge in [-0.1, -0.05) is 60.2 Å². The molecule has 1 unspecified atom stereocenters. The zero-order valence-corrected chi connectivity index (χ0v) is 20.3. The van der Waals surface area contributed by atoms with E-state index in [0.717, 1.165) is 22.1 Å². The number of ether oxygens (including phenoxy) is 1. The minimum absolute atomic E-state index is 0.212. The van der Waals surface area contributed by atoms with E-state index in [1.165, 1.54) is 0 Å². The topological polar surface area (TPSA) is 80.3 Å². The Bertz CT molecular complexity index is 1340. The Kier molecular flexibility index (Phi) is 6.82. The number of nitrogens with zero attached hydrogens (tertiary/aromatic N) is 1. The molecule has 35 heavy (non-hydrogen) atoms. The largest absolute Gasteiger partial charge is 0.444 e. The van der Waals surface area contributed by atoms with E-state index in [1.54, 1.807) is 18.3 Å². The van der Waals surface area contributed by atoms with Gasteiger partial charge in [-0.25, -0.2) is 4.79 Å². The highest BCUT2D eigenvalue weighted by Crippen LogP contribution is 2.32. The molecular weight excluding hydrogens is 438 g/mol. The monoisotopic (exact) mass is 467 g/mol. The Labute approximate surface area is 205 Å². The Morgan fingerprint density at radius 2 is 1.60 bits per heavy atom. The van der Waals surface area contributed by atoms with E-state index in [1.807, 2.05) is 94.4 Å². The van der Waals surface area contributed by atoms with E-state index in [2.05, 4.69) is 15.6 Å². The fourth-order valence-corrected chi connectivity index (χ4v) is 3.86. The molecule has 0 saturated carbocycles. The van der Waals surface area contributed by atoms with Crippen LogP contribution in [-0.4, -0.2) is 22.6 Å². The smallest absolute Gasteiger partial charge is 0.408 e. The van der Waals surface area contributed by atoms with Crippen molar-refractivity contribution in [2.24, 2.45) is 0 Å². The van der Waals surface area contributed by atoms with Crippen molar-refractivity contribution in [1.82, 2.24) is 10.3 Å². The molecule has 2 amide bonds. The summed E-state index contributed by atoms with van der Waals surface area (Å²) in [5.41, 5.74) is 4.01. The highest BCUT2D eigenvalue weighted by molar-refractivity contribution is 6.08. The summed E-state index contributed by atoms with van der Waals surface area (Å²) >= 11 is 0. The van der Waals surface area contributed by atoms with E-state index in [9.17, 15) is 9.59 Å². The molecule has 1 atom stereocenters. The van der Waals surface area contributed by atoms with Gasteiger partial charge < -0.3 is 15.4 Å². The molecule has 6 nitrogen and oxygen atoms in total. The number of hydrogen-bond donors (Lipinski definition) is 2. The lowest BCUT2D eigenvalue weighted by Gasteiger charge is -2.25. The molecule has 178 valence electrons. The zero-order valence-electron chi connectivity index (χ0n) is 20.3. The average molecular weight is 468 g/mol. The zero-order chi connectivity index (χ0) is 25.0. The summed E-state index contributed by atoms with van der Waals surface area (Å²) in [6.45, 7) is 7.46. The number of fused-ring (bicyclic) bond motifs is 1. The van der Waals surface area contributed by atoms with Gasteiger partial charge in [-0.05, 0) is 63.1 Å². The van der Waals surface area contributed by atoms with Crippen LogP contribution in [0.15, 0.2) is 85.1 Å². The van der Waals surface area contributed by atoms with Gasteiger partial charge in [0, 0.05) is 17.1 Å². The number of hydrogen-bond acceptors (Lipinski definition) is 4. The minimum Gasteiger partial charge on any atom is -0.444 e. The number of carbonyl (C=O) groups excluding carboxylic acids is 2. The van der Waals surface area contributed by atoms with Gasteiger partial charge in [-0.3, -0.25) is 9.78 Å². The van der Waals surface area contributed by atoms with Crippen molar-refractivity contribution in [2.75, 3.05) is 5.32 Å². The molecule has 1 heterocycles. The quantitative estimate of drug-likeness (QED) is 0.355. The third-order valence-corrected chi connectivity index (χ3v) is 5.47. The fourth-order valence-electron chi connectivity index (χ4n) is 3.86. The summed E-state index contributed by atoms with van der Waals surface area (Å²) in [6, 6.07) is 24.1. The van der Waals surface area contributed by atoms with Crippen molar-refractivity contribution in [3.63, 3.8) is 0 Å². The van der Waals surface area contributed by atoms with Gasteiger partial charge in [0.25, 0.3) is 5.91 Å². The van der Waals surface area contributed by atoms with Gasteiger partial charge in [0.05, 0.1) is 17.2 Å². The summed E-state index contributed by atoms with van der Waals surface area (Å²) in [6.07, 6.45) is 1.17. The van der Waals surface area contributed by atoms with E-state index in [4.69, 9.17) is 4.74 Å². The Morgan fingerprint density at radius 3 is 2.29 bits per heavy atom. The van der Waals surface area contributed by atoms with E-state index >= 15 is 0 Å². The molecule has 2 N–H and O–H groups in total. The molecule has 0 bridgehead atoms. The van der Waals surface area contributed by atoms with Gasteiger partial charge >= 0.3 is 6.09 Å². The van der Waals surface area contributed by atoms with Gasteiger partial charge in [-0.15, -0.1) is 0 Å². The van der Waals surface area contributed by atoms with Crippen molar-refractivity contribution >= 4 is 28.6 Å². The number of carbonyl (C=O) groups is 2. The van der Waals surface area contributed by atoms with E-state index < -0.39 is 17.7 Å². The van der Waals surface area contributed by atoms with Crippen LogP contribution in [0.3, 0.4) is 0 Å². The van der Waals surface area contributed by atoms with E-state index in [0.29, 0.717) is 16.8 Å². The summed E-state index contributed by atoms with van der Waals surface area (Å²) in [5.74, 6) is -0.212. The number of pyridine rings is 1. The Hall–Kier alpha value is -4.19. The second-order valence-corrected chi connectivity index (χ2v) is 9.41. The van der Waals surface area contributed by atoms with Gasteiger partial charge in [-0.2, -0.15) is 0 Å². The summed E-state index contributed by atoms with van der Waals surface area (Å²) in [7, 11) is 0. The van der Waals surface area contributed by atoms with Crippen molar-refractivity contribution in [3.05, 3.63) is 107 Å². The lowest BCUT2D eigenvalue weighted by atomic mass is 9.94. The van der Waals surface area contributed by atoms with Crippen LogP contribution in [0.1, 0.15) is 53.9 Å². The van der Waals surface area contributed by atoms with Crippen LogP contribution in [0.25, 0.3) is 10.9 Å². The standard InChI is InChI=1S/C29H29N3O3/c1-19-12-14-21(15-13-19)27(33)31-24-17-16-23(22-11-8-18-30-26(22)24)25(20-9-6-5-7-10-20)32-28(34)35-29(2,3)4/h5-18,25H,1-4H3,(H,31,33)(H,32,34). The summed E-state index contributed by atoms with van der Waals surface area (Å²) < 4.78 is 5.53. The van der Waals surface area contributed by atoms with Crippen LogP contribution < -0.4 is 10.6 Å². The molecule has 0 radical (unpaired) electrons. The first-order valence-corrected chi connectivity index (χ1v) is 11.5. The van der Waals surface area contributed by atoms with Crippen LogP contribution in [-0.2, 0) is 4.74 Å². The first-order chi connectivity index (χ1) is 16.7. The van der Waals surface area contributed by atoms with Crippen LogP contribution in [0.2, 0.25) is 0 Å². The SMILES string of the molecule is Cc1ccc(C(=O)Nc2ccc(C(NC(=O)OC(C)(C)C)c3ccccc3)c3cccnc23)cc1. The van der Waals surface area contributed by atoms with Crippen LogP contribution >= 0.6 is 0 Å². The first kappa shape index (κ1) is 24.0. The maximum Gasteiger partial charge on any atom is 0.408 e. The maximum atomic E-state index is 12.9. The molecule has 0 saturated heterocycles. The van der Waals surface area contributed by atoms with Crippen molar-refractivity contribution < 1.29 is 14.3 Å². The Balaban J connectivity index is 1.73. The van der Waals surface area contributed by atoms with Crippen LogP contribution in [0.4, 0.5) is 10.5 Å². The average Bonchev–Trinajstić information content (AvgIpc) is 2.83. The Morgan fingerprint density at radius 1 is 0.886 bits per heavy atom. The number of aryl methyl sites for hydroxylation is 1. The number of alkyl carbamates (subject to hydrolysis) is 1. The molecule has 6 heteroatoms. The number of rotatable bonds is 5. The number of nitrogens with one attached hydrogen (secondary N) is 2. The van der Waals surface area contributed by atoms with Crippen molar-refractivity contribution in [2.45, 2.75) is 39.3 Å². The number of aromatic nitrogens is 1. The lowest BCUT2D eigenvalue weighted by molar-refractivity contribution is 0.0512. The summed E-state index contributed by atoms with van der Waals surface area (Å²) in [5, 5.41) is 6.82. The second-order valence-electron chi connectivity index (χ2n) is 9.41. The number of anilines is 1. The number of benzene rings is 3. The van der Waals surface area contributed by atoms with E-state index in [-0.39, 0.29) is 5.91 Å². The highest BCUT2D eigenvalue weighted by Gasteiger charge is 2.24. The lowest BCUT2D eigenvalue weighted by Crippen LogP contribution is -2.35. The van der Waals surface area contributed by atoms with Crippen LogP contribution in [0, 0.1) is 6.92 Å². The molecule has 4 aromatic rings. The predicted octanol–water partition coefficient (Wildman–Crippen LogP) is 6.41. The second kappa shape index (κ2) is 9.97. The third kappa shape index (κ3) is 5.84. The molecule has 0 spiro atoms. The molecular formula is C29H29N3O3. The fraction of sp³-hybridized carbons (Fsp3) is 0.207. The first-order valence-electron chi connectivity index (χ1n) is 11.5. The van der Waals surface area contributed by atoms with Gasteiger partial charge in [0.2, 0.25) is 0 Å². The molecule has 4 rings (SSSR count). The minimum atomic E-state index is -0.626. The third-order valence-electron chi connectivity index (χ3n) is 5.47. The maximum absolute atomic E-state index is 12.9. The highest BCUT2D eigenvalue weighted by atomic mass is 16.6. The van der Waals surface area contributed by atoms with Gasteiger partial charge in [0.15, 0.2) is 0 Å². The van der Waals surface area contributed by atoms with Crippen LogP contribution in [0.5, 0.6) is 0 Å². The molecule has 0 fully saturated rings. The van der Waals surface area contributed by atoms with Gasteiger partial charge in [0.1, 0.15) is 5.60 Å². The number of amides is 2. The van der Waals surface area contributed by atoms with Crippen molar-refractivity contribution in [1.29, 1.82) is 0 Å². The van der Waals surface area contributed by atoms with Crippen molar-refractivity contribution in [3.8, 4) is 0 Å². The molecule has 0 aliphatic carbocycles. The normalized spacial score (nSPS) is 12.1. The molecule has 3 aromatic carbocycles. The summed E-state index contributed by atoms with van der Waals surface area (Å²) in [4.78, 5) is 30.2. The predicted molar refractivity (Wildman–Crippen MR) is 139 cm³/mol.